The van der Waals surface area contributed by atoms with Gasteiger partial charge in [0.2, 0.25) is 0 Å². The highest BCUT2D eigenvalue weighted by atomic mass is 16.5. The van der Waals surface area contributed by atoms with Gasteiger partial charge in [0.1, 0.15) is 0 Å². The van der Waals surface area contributed by atoms with E-state index in [1.165, 1.54) is 37.7 Å². The Morgan fingerprint density at radius 1 is 1.14 bits per heavy atom. The maximum Gasteiger partial charge on any atom is 0.305 e. The van der Waals surface area contributed by atoms with Crippen LogP contribution in [0.15, 0.2) is 11.6 Å². The van der Waals surface area contributed by atoms with Crippen molar-refractivity contribution in [2.24, 2.45) is 40.4 Å². The zero-order chi connectivity index (χ0) is 20.8. The smallest absolute Gasteiger partial charge is 0.305 e. The summed E-state index contributed by atoms with van der Waals surface area (Å²) in [6.07, 6.45) is 13.1. The third-order valence-electron chi connectivity index (χ3n) is 9.83. The van der Waals surface area contributed by atoms with Crippen molar-refractivity contribution in [3.05, 3.63) is 11.6 Å². The molecule has 0 aromatic carbocycles. The minimum atomic E-state index is -0.0332. The number of ketones is 1. The van der Waals surface area contributed by atoms with E-state index < -0.39 is 0 Å². The molecule has 0 bridgehead atoms. The van der Waals surface area contributed by atoms with Crippen LogP contribution in [0.25, 0.3) is 0 Å². The summed E-state index contributed by atoms with van der Waals surface area (Å²) in [6, 6.07) is 0. The first-order chi connectivity index (χ1) is 13.8. The summed E-state index contributed by atoms with van der Waals surface area (Å²) in [5, 5.41) is 0. The van der Waals surface area contributed by atoms with E-state index in [1.54, 1.807) is 0 Å². The molecule has 0 amide bonds. The van der Waals surface area contributed by atoms with E-state index in [1.807, 2.05) is 13.0 Å². The molecule has 3 fully saturated rings. The molecule has 0 aromatic heterocycles. The lowest BCUT2D eigenvalue weighted by Crippen LogP contribution is -2.51. The lowest BCUT2D eigenvalue weighted by Gasteiger charge is -2.58. The van der Waals surface area contributed by atoms with E-state index >= 15 is 0 Å². The summed E-state index contributed by atoms with van der Waals surface area (Å²) in [7, 11) is 0. The van der Waals surface area contributed by atoms with Crippen molar-refractivity contribution in [2.45, 2.75) is 91.9 Å². The van der Waals surface area contributed by atoms with E-state index in [9.17, 15) is 9.59 Å². The summed E-state index contributed by atoms with van der Waals surface area (Å²) in [6.45, 7) is 9.79. The molecule has 3 nitrogen and oxygen atoms in total. The molecule has 0 N–H and O–H groups in total. The van der Waals surface area contributed by atoms with Crippen molar-refractivity contribution in [1.82, 2.24) is 0 Å². The van der Waals surface area contributed by atoms with Gasteiger partial charge in [-0.15, -0.1) is 0 Å². The Labute approximate surface area is 177 Å². The maximum atomic E-state index is 12.0. The van der Waals surface area contributed by atoms with Crippen LogP contribution in [0.3, 0.4) is 0 Å². The fraction of sp³-hybridized carbons (Fsp3) is 0.846. The van der Waals surface area contributed by atoms with Crippen molar-refractivity contribution >= 4 is 11.8 Å². The quantitative estimate of drug-likeness (QED) is 0.523. The second-order valence-corrected chi connectivity index (χ2v) is 11.0. The van der Waals surface area contributed by atoms with Gasteiger partial charge in [0.15, 0.2) is 5.78 Å². The standard InChI is InChI=1S/C26H40O3/c1-5-29-24(28)11-6-17(2)21-9-10-22-20-8-7-18-16-19(27)12-14-25(18,3)23(20)13-15-26(21,22)4/h16-17,20-23H,5-15H2,1-4H3/t17-,20+,21-,22+,23+,25+,26-/m1/s1. The van der Waals surface area contributed by atoms with Gasteiger partial charge in [-0.1, -0.05) is 26.3 Å². The molecule has 0 saturated heterocycles. The highest BCUT2D eigenvalue weighted by molar-refractivity contribution is 5.91. The van der Waals surface area contributed by atoms with Gasteiger partial charge in [-0.25, -0.2) is 0 Å². The first kappa shape index (κ1) is 21.1. The number of esters is 1. The minimum absolute atomic E-state index is 0.0332. The van der Waals surface area contributed by atoms with Gasteiger partial charge in [0.05, 0.1) is 6.61 Å². The van der Waals surface area contributed by atoms with Crippen LogP contribution in [0.2, 0.25) is 0 Å². The summed E-state index contributed by atoms with van der Waals surface area (Å²) in [4.78, 5) is 23.9. The Morgan fingerprint density at radius 3 is 2.69 bits per heavy atom. The van der Waals surface area contributed by atoms with Gasteiger partial charge in [-0.05, 0) is 105 Å². The van der Waals surface area contributed by atoms with Crippen LogP contribution in [-0.2, 0) is 14.3 Å². The lowest BCUT2D eigenvalue weighted by atomic mass is 9.46. The number of carbonyl (C=O) groups excluding carboxylic acids is 2. The predicted molar refractivity (Wildman–Crippen MR) is 115 cm³/mol. The molecular formula is C26H40O3. The Bertz CT molecular complexity index is 694. The van der Waals surface area contributed by atoms with Crippen LogP contribution in [0.5, 0.6) is 0 Å². The molecule has 0 aliphatic heterocycles. The van der Waals surface area contributed by atoms with Crippen LogP contribution < -0.4 is 0 Å². The van der Waals surface area contributed by atoms with Gasteiger partial charge in [0.25, 0.3) is 0 Å². The zero-order valence-corrected chi connectivity index (χ0v) is 19.0. The molecule has 0 radical (unpaired) electrons. The topological polar surface area (TPSA) is 43.4 Å². The van der Waals surface area contributed by atoms with Gasteiger partial charge in [-0.3, -0.25) is 9.59 Å². The molecular weight excluding hydrogens is 360 g/mol. The second kappa shape index (κ2) is 7.85. The minimum Gasteiger partial charge on any atom is -0.466 e. The largest absolute Gasteiger partial charge is 0.466 e. The van der Waals surface area contributed by atoms with Crippen molar-refractivity contribution in [3.8, 4) is 0 Å². The molecule has 0 heterocycles. The number of hydrogen-bond donors (Lipinski definition) is 0. The van der Waals surface area contributed by atoms with Crippen LogP contribution in [0.4, 0.5) is 0 Å². The van der Waals surface area contributed by atoms with E-state index in [2.05, 4.69) is 20.8 Å². The summed E-state index contributed by atoms with van der Waals surface area (Å²) < 4.78 is 5.16. The average Bonchev–Trinajstić information content (AvgIpc) is 3.04. The Morgan fingerprint density at radius 2 is 1.93 bits per heavy atom. The van der Waals surface area contributed by atoms with Crippen LogP contribution >= 0.6 is 0 Å². The number of hydrogen-bond acceptors (Lipinski definition) is 3. The first-order valence-electron chi connectivity index (χ1n) is 12.2. The van der Waals surface area contributed by atoms with Crippen molar-refractivity contribution in [1.29, 1.82) is 0 Å². The molecule has 4 aliphatic carbocycles. The molecule has 0 spiro atoms. The van der Waals surface area contributed by atoms with E-state index in [-0.39, 0.29) is 11.4 Å². The molecule has 4 aliphatic rings. The third kappa shape index (κ3) is 3.51. The normalized spacial score (nSPS) is 42.3. The molecule has 3 saturated carbocycles. The molecule has 3 heteroatoms. The molecule has 4 rings (SSSR count). The SMILES string of the molecule is CCOC(=O)CC[C@@H](C)[C@H]1CC[C@H]2[C@@H]3CCC4=CC(=O)CC[C@]4(C)[C@H]3CC[C@]12C. The highest BCUT2D eigenvalue weighted by Gasteiger charge is 2.59. The molecule has 0 aromatic rings. The average molecular weight is 401 g/mol. The van der Waals surface area contributed by atoms with E-state index in [0.29, 0.717) is 30.1 Å². The van der Waals surface area contributed by atoms with Crippen LogP contribution in [0, 0.1) is 40.4 Å². The third-order valence-corrected chi connectivity index (χ3v) is 9.83. The van der Waals surface area contributed by atoms with Crippen molar-refractivity contribution in [3.63, 3.8) is 0 Å². The van der Waals surface area contributed by atoms with Gasteiger partial charge < -0.3 is 4.74 Å². The predicted octanol–water partition coefficient (Wildman–Crippen LogP) is 6.11. The first-order valence-corrected chi connectivity index (χ1v) is 12.2. The van der Waals surface area contributed by atoms with Gasteiger partial charge >= 0.3 is 5.97 Å². The van der Waals surface area contributed by atoms with Crippen molar-refractivity contribution in [2.75, 3.05) is 6.61 Å². The molecule has 0 unspecified atom stereocenters. The number of fused-ring (bicyclic) bond motifs is 5. The van der Waals surface area contributed by atoms with E-state index in [0.717, 1.165) is 49.4 Å². The fourth-order valence-electron chi connectivity index (χ4n) is 8.31. The summed E-state index contributed by atoms with van der Waals surface area (Å²) >= 11 is 0. The highest BCUT2D eigenvalue weighted by Crippen LogP contribution is 2.67. The second-order valence-electron chi connectivity index (χ2n) is 11.0. The van der Waals surface area contributed by atoms with Crippen LogP contribution in [0.1, 0.15) is 91.9 Å². The number of ether oxygens (including phenoxy) is 1. The number of rotatable bonds is 5. The summed E-state index contributed by atoms with van der Waals surface area (Å²) in [5.41, 5.74) is 2.17. The van der Waals surface area contributed by atoms with Gasteiger partial charge in [-0.2, -0.15) is 0 Å². The van der Waals surface area contributed by atoms with Crippen molar-refractivity contribution < 1.29 is 14.3 Å². The number of allylic oxidation sites excluding steroid dienone is 1. The fourth-order valence-corrected chi connectivity index (χ4v) is 8.31. The molecule has 7 atom stereocenters. The van der Waals surface area contributed by atoms with E-state index in [4.69, 9.17) is 4.74 Å². The molecule has 162 valence electrons. The zero-order valence-electron chi connectivity index (χ0n) is 19.0. The Balaban J connectivity index is 1.48. The number of carbonyl (C=O) groups is 2. The van der Waals surface area contributed by atoms with Crippen LogP contribution in [-0.4, -0.2) is 18.4 Å². The van der Waals surface area contributed by atoms with Gasteiger partial charge in [0, 0.05) is 12.8 Å². The Kier molecular flexibility index (Phi) is 5.72. The summed E-state index contributed by atoms with van der Waals surface area (Å²) in [5.74, 6) is 4.07. The maximum absolute atomic E-state index is 12.0. The molecule has 29 heavy (non-hydrogen) atoms. The lowest BCUT2D eigenvalue weighted by molar-refractivity contribution is -0.143. The monoisotopic (exact) mass is 400 g/mol. The Hall–Kier alpha value is -1.12.